The van der Waals surface area contributed by atoms with Crippen LogP contribution in [0.3, 0.4) is 0 Å². The Labute approximate surface area is 110 Å². The number of nitrogens with one attached hydrogen (secondary N) is 1. The fraction of sp³-hybridized carbons (Fsp3) is 0.625. The summed E-state index contributed by atoms with van der Waals surface area (Å²) in [4.78, 5) is 0. The predicted molar refractivity (Wildman–Crippen MR) is 73.7 cm³/mol. The molecule has 0 aromatic heterocycles. The maximum absolute atomic E-state index is 5.48. The van der Waals surface area contributed by atoms with E-state index >= 15 is 0 Å². The number of hydrogen-bond donors (Lipinski definition) is 1. The quantitative estimate of drug-likeness (QED) is 0.884. The van der Waals surface area contributed by atoms with Crippen LogP contribution in [-0.2, 0) is 24.1 Å². The Morgan fingerprint density at radius 2 is 2.17 bits per heavy atom. The average Bonchev–Trinajstić information content (AvgIpc) is 2.85. The zero-order valence-corrected chi connectivity index (χ0v) is 11.2. The minimum atomic E-state index is 0.618. The molecule has 0 spiro atoms. The van der Waals surface area contributed by atoms with E-state index in [9.17, 15) is 0 Å². The summed E-state index contributed by atoms with van der Waals surface area (Å²) >= 11 is 0. The molecule has 98 valence electrons. The molecule has 0 saturated carbocycles. The van der Waals surface area contributed by atoms with E-state index in [2.05, 4.69) is 30.4 Å². The number of rotatable bonds is 3. The summed E-state index contributed by atoms with van der Waals surface area (Å²) in [5.41, 5.74) is 4.59. The van der Waals surface area contributed by atoms with Gasteiger partial charge in [-0.1, -0.05) is 25.1 Å². The van der Waals surface area contributed by atoms with Gasteiger partial charge in [-0.15, -0.1) is 0 Å². The summed E-state index contributed by atoms with van der Waals surface area (Å²) < 4.78 is 5.48. The van der Waals surface area contributed by atoms with Crippen molar-refractivity contribution < 1.29 is 4.74 Å². The van der Waals surface area contributed by atoms with Gasteiger partial charge in [0.25, 0.3) is 0 Å². The van der Waals surface area contributed by atoms with Crippen LogP contribution in [-0.4, -0.2) is 19.3 Å². The summed E-state index contributed by atoms with van der Waals surface area (Å²) in [6, 6.07) is 7.64. The standard InChI is InChI=1S/C16H23NO/c1-12-11-18-8-7-16(12)17-10-13-5-6-14-3-2-4-15(14)9-13/h5-6,9,12,16-17H,2-4,7-8,10-11H2,1H3. The van der Waals surface area contributed by atoms with Crippen molar-refractivity contribution in [2.24, 2.45) is 5.92 Å². The van der Waals surface area contributed by atoms with Gasteiger partial charge in [0.15, 0.2) is 0 Å². The molecular weight excluding hydrogens is 222 g/mol. The van der Waals surface area contributed by atoms with Crippen LogP contribution >= 0.6 is 0 Å². The first-order valence-corrected chi connectivity index (χ1v) is 7.25. The average molecular weight is 245 g/mol. The molecule has 0 amide bonds. The molecule has 1 aliphatic carbocycles. The molecule has 2 unspecified atom stereocenters. The molecule has 3 rings (SSSR count). The fourth-order valence-electron chi connectivity index (χ4n) is 3.17. The second-order valence-corrected chi connectivity index (χ2v) is 5.78. The van der Waals surface area contributed by atoms with E-state index in [-0.39, 0.29) is 0 Å². The topological polar surface area (TPSA) is 21.3 Å². The van der Waals surface area contributed by atoms with E-state index in [4.69, 9.17) is 4.74 Å². The van der Waals surface area contributed by atoms with E-state index in [1.807, 2.05) is 0 Å². The monoisotopic (exact) mass is 245 g/mol. The van der Waals surface area contributed by atoms with Crippen molar-refractivity contribution in [1.29, 1.82) is 0 Å². The molecule has 1 heterocycles. The Hall–Kier alpha value is -0.860. The minimum Gasteiger partial charge on any atom is -0.381 e. The van der Waals surface area contributed by atoms with Crippen molar-refractivity contribution in [2.75, 3.05) is 13.2 Å². The summed E-state index contributed by atoms with van der Waals surface area (Å²) in [5, 5.41) is 3.70. The molecule has 1 aromatic rings. The smallest absolute Gasteiger partial charge is 0.0506 e. The van der Waals surface area contributed by atoms with E-state index in [0.29, 0.717) is 12.0 Å². The number of aryl methyl sites for hydroxylation is 2. The largest absolute Gasteiger partial charge is 0.381 e. The SMILES string of the molecule is CC1COCCC1NCc1ccc2c(c1)CCC2. The highest BCUT2D eigenvalue weighted by Gasteiger charge is 2.21. The third-order valence-corrected chi connectivity index (χ3v) is 4.37. The number of benzene rings is 1. The summed E-state index contributed by atoms with van der Waals surface area (Å²) in [6.45, 7) is 5.09. The van der Waals surface area contributed by atoms with Gasteiger partial charge >= 0.3 is 0 Å². The zero-order chi connectivity index (χ0) is 12.4. The molecule has 2 atom stereocenters. The minimum absolute atomic E-state index is 0.618. The van der Waals surface area contributed by atoms with Gasteiger partial charge in [0.05, 0.1) is 6.61 Å². The zero-order valence-electron chi connectivity index (χ0n) is 11.2. The van der Waals surface area contributed by atoms with Crippen LogP contribution in [0.1, 0.15) is 36.5 Å². The summed E-state index contributed by atoms with van der Waals surface area (Å²) in [5.74, 6) is 0.633. The first kappa shape index (κ1) is 12.2. The lowest BCUT2D eigenvalue weighted by molar-refractivity contribution is 0.0386. The highest BCUT2D eigenvalue weighted by molar-refractivity contribution is 5.35. The van der Waals surface area contributed by atoms with Crippen LogP contribution in [0.4, 0.5) is 0 Å². The van der Waals surface area contributed by atoms with E-state index in [1.165, 1.54) is 24.8 Å². The van der Waals surface area contributed by atoms with E-state index in [1.54, 1.807) is 11.1 Å². The van der Waals surface area contributed by atoms with Gasteiger partial charge in [0.2, 0.25) is 0 Å². The van der Waals surface area contributed by atoms with Gasteiger partial charge in [-0.25, -0.2) is 0 Å². The Kier molecular flexibility index (Phi) is 3.67. The van der Waals surface area contributed by atoms with Gasteiger partial charge in [-0.05, 0) is 48.3 Å². The molecule has 2 nitrogen and oxygen atoms in total. The van der Waals surface area contributed by atoms with Crippen LogP contribution in [0.25, 0.3) is 0 Å². The number of fused-ring (bicyclic) bond motifs is 1. The molecule has 1 N–H and O–H groups in total. The van der Waals surface area contributed by atoms with Gasteiger partial charge in [0, 0.05) is 19.2 Å². The lowest BCUT2D eigenvalue weighted by Gasteiger charge is -2.29. The van der Waals surface area contributed by atoms with Crippen molar-refractivity contribution in [3.05, 3.63) is 34.9 Å². The molecule has 0 bridgehead atoms. The fourth-order valence-corrected chi connectivity index (χ4v) is 3.17. The predicted octanol–water partition coefficient (Wildman–Crippen LogP) is 2.69. The maximum Gasteiger partial charge on any atom is 0.0506 e. The molecule has 1 fully saturated rings. The molecule has 2 aliphatic rings. The van der Waals surface area contributed by atoms with Crippen molar-refractivity contribution in [2.45, 2.75) is 45.2 Å². The molecule has 1 saturated heterocycles. The maximum atomic E-state index is 5.48. The third kappa shape index (κ3) is 2.60. The third-order valence-electron chi connectivity index (χ3n) is 4.37. The molecule has 0 radical (unpaired) electrons. The second-order valence-electron chi connectivity index (χ2n) is 5.78. The molecule has 2 heteroatoms. The lowest BCUT2D eigenvalue weighted by Crippen LogP contribution is -2.40. The molecule has 18 heavy (non-hydrogen) atoms. The first-order chi connectivity index (χ1) is 8.83. The van der Waals surface area contributed by atoms with Crippen LogP contribution < -0.4 is 5.32 Å². The van der Waals surface area contributed by atoms with Crippen molar-refractivity contribution >= 4 is 0 Å². The van der Waals surface area contributed by atoms with Gasteiger partial charge < -0.3 is 10.1 Å². The number of hydrogen-bond acceptors (Lipinski definition) is 2. The highest BCUT2D eigenvalue weighted by Crippen LogP contribution is 2.23. The Balaban J connectivity index is 1.59. The Morgan fingerprint density at radius 1 is 1.28 bits per heavy atom. The van der Waals surface area contributed by atoms with Gasteiger partial charge in [-0.2, -0.15) is 0 Å². The van der Waals surface area contributed by atoms with E-state index in [0.717, 1.165) is 26.2 Å². The molecular formula is C16H23NO. The van der Waals surface area contributed by atoms with Gasteiger partial charge in [0.1, 0.15) is 0 Å². The van der Waals surface area contributed by atoms with Crippen LogP contribution in [0.2, 0.25) is 0 Å². The first-order valence-electron chi connectivity index (χ1n) is 7.25. The van der Waals surface area contributed by atoms with Crippen LogP contribution in [0.15, 0.2) is 18.2 Å². The lowest BCUT2D eigenvalue weighted by atomic mass is 9.97. The van der Waals surface area contributed by atoms with E-state index < -0.39 is 0 Å². The second kappa shape index (κ2) is 5.41. The Morgan fingerprint density at radius 3 is 3.06 bits per heavy atom. The summed E-state index contributed by atoms with van der Waals surface area (Å²) in [6.07, 6.45) is 5.03. The normalized spacial score (nSPS) is 27.2. The Bertz CT molecular complexity index is 416. The van der Waals surface area contributed by atoms with Crippen molar-refractivity contribution in [1.82, 2.24) is 5.32 Å². The van der Waals surface area contributed by atoms with Gasteiger partial charge in [-0.3, -0.25) is 0 Å². The molecule has 1 aliphatic heterocycles. The summed E-state index contributed by atoms with van der Waals surface area (Å²) in [7, 11) is 0. The molecule has 1 aromatic carbocycles. The van der Waals surface area contributed by atoms with Crippen LogP contribution in [0, 0.1) is 5.92 Å². The number of ether oxygens (including phenoxy) is 1. The van der Waals surface area contributed by atoms with Crippen LogP contribution in [0.5, 0.6) is 0 Å². The van der Waals surface area contributed by atoms with Crippen molar-refractivity contribution in [3.63, 3.8) is 0 Å². The van der Waals surface area contributed by atoms with Crippen molar-refractivity contribution in [3.8, 4) is 0 Å². The highest BCUT2D eigenvalue weighted by atomic mass is 16.5.